The highest BCUT2D eigenvalue weighted by atomic mass is 32.1. The first-order valence-corrected chi connectivity index (χ1v) is 11.3. The van der Waals surface area contributed by atoms with Crippen LogP contribution in [-0.4, -0.2) is 50.7 Å². The Morgan fingerprint density at radius 2 is 2.06 bits per heavy atom. The van der Waals surface area contributed by atoms with Crippen LogP contribution in [0.5, 0.6) is 0 Å². The number of rotatable bonds is 5. The average Bonchev–Trinajstić information content (AvgIpc) is 3.40. The van der Waals surface area contributed by atoms with Crippen LogP contribution in [0.25, 0.3) is 16.0 Å². The Kier molecular flexibility index (Phi) is 5.48. The molecule has 4 aromatic rings. The molecule has 4 heterocycles. The molecule has 158 valence electrons. The third kappa shape index (κ3) is 4.50. The van der Waals surface area contributed by atoms with Gasteiger partial charge in [0.05, 0.1) is 24.5 Å². The molecule has 0 unspecified atom stereocenters. The quantitative estimate of drug-likeness (QED) is 0.518. The largest absolute Gasteiger partial charge is 0.323 e. The molecule has 0 bridgehead atoms. The van der Waals surface area contributed by atoms with Crippen LogP contribution in [0.3, 0.4) is 0 Å². The number of carbonyl (C=O) groups is 1. The molecule has 1 saturated heterocycles. The number of aromatic nitrogens is 4. The van der Waals surface area contributed by atoms with Gasteiger partial charge in [-0.3, -0.25) is 4.79 Å². The molecule has 1 aliphatic rings. The van der Waals surface area contributed by atoms with E-state index in [1.165, 1.54) is 28.5 Å². The lowest BCUT2D eigenvalue weighted by molar-refractivity contribution is -0.115. The minimum absolute atomic E-state index is 0.0659. The summed E-state index contributed by atoms with van der Waals surface area (Å²) in [7, 11) is 2.15. The van der Waals surface area contributed by atoms with Gasteiger partial charge in [-0.1, -0.05) is 18.2 Å². The predicted molar refractivity (Wildman–Crippen MR) is 123 cm³/mol. The van der Waals surface area contributed by atoms with E-state index in [2.05, 4.69) is 50.5 Å². The smallest absolute Gasteiger partial charge is 0.250 e. The van der Waals surface area contributed by atoms with Gasteiger partial charge in [0.15, 0.2) is 0 Å². The first-order valence-electron chi connectivity index (χ1n) is 10.5. The topological polar surface area (TPSA) is 75.9 Å². The van der Waals surface area contributed by atoms with Gasteiger partial charge >= 0.3 is 0 Å². The zero-order chi connectivity index (χ0) is 21.2. The van der Waals surface area contributed by atoms with Crippen LogP contribution in [0.2, 0.25) is 0 Å². The van der Waals surface area contributed by atoms with Gasteiger partial charge in [-0.2, -0.15) is 5.10 Å². The van der Waals surface area contributed by atoms with Crippen LogP contribution in [-0.2, 0) is 11.2 Å². The van der Waals surface area contributed by atoms with Crippen molar-refractivity contribution in [3.8, 4) is 5.95 Å². The molecule has 3 aromatic heterocycles. The SMILES string of the molecule is CN1CCC[C@@H](c2cnc(-n3cc(NC(=O)Cc4cc5ccccc5s4)cn3)nc2)C1. The second-order valence-corrected chi connectivity index (χ2v) is 9.24. The summed E-state index contributed by atoms with van der Waals surface area (Å²) in [4.78, 5) is 24.9. The zero-order valence-corrected chi connectivity index (χ0v) is 18.2. The van der Waals surface area contributed by atoms with Crippen molar-refractivity contribution in [2.24, 2.45) is 0 Å². The summed E-state index contributed by atoms with van der Waals surface area (Å²) in [5.41, 5.74) is 1.80. The van der Waals surface area contributed by atoms with Crippen LogP contribution < -0.4 is 5.32 Å². The van der Waals surface area contributed by atoms with E-state index in [-0.39, 0.29) is 5.91 Å². The second-order valence-electron chi connectivity index (χ2n) is 8.07. The maximum absolute atomic E-state index is 12.5. The Hall–Kier alpha value is -3.10. The van der Waals surface area contributed by atoms with Crippen LogP contribution >= 0.6 is 11.3 Å². The van der Waals surface area contributed by atoms with E-state index in [1.807, 2.05) is 24.5 Å². The van der Waals surface area contributed by atoms with E-state index in [0.717, 1.165) is 18.0 Å². The first-order chi connectivity index (χ1) is 15.1. The van der Waals surface area contributed by atoms with E-state index in [1.54, 1.807) is 28.4 Å². The van der Waals surface area contributed by atoms with Crippen molar-refractivity contribution in [1.82, 2.24) is 24.6 Å². The summed E-state index contributed by atoms with van der Waals surface area (Å²) in [6, 6.07) is 10.2. The molecule has 1 N–H and O–H groups in total. The number of likely N-dealkylation sites (tertiary alicyclic amines) is 1. The van der Waals surface area contributed by atoms with Crippen molar-refractivity contribution in [2.45, 2.75) is 25.2 Å². The summed E-state index contributed by atoms with van der Waals surface area (Å²) in [5, 5.41) is 8.39. The Bertz CT molecular complexity index is 1170. The van der Waals surface area contributed by atoms with Gasteiger partial charge in [0, 0.05) is 28.5 Å². The molecule has 8 heteroatoms. The molecule has 7 nitrogen and oxygen atoms in total. The van der Waals surface area contributed by atoms with Crippen molar-refractivity contribution in [1.29, 1.82) is 0 Å². The van der Waals surface area contributed by atoms with Crippen molar-refractivity contribution in [3.05, 3.63) is 65.6 Å². The van der Waals surface area contributed by atoms with Crippen LogP contribution in [0.4, 0.5) is 5.69 Å². The Morgan fingerprint density at radius 3 is 2.87 bits per heavy atom. The number of anilines is 1. The van der Waals surface area contributed by atoms with Crippen molar-refractivity contribution in [2.75, 3.05) is 25.5 Å². The third-order valence-electron chi connectivity index (χ3n) is 5.64. The fourth-order valence-corrected chi connectivity index (χ4v) is 5.15. The lowest BCUT2D eigenvalue weighted by atomic mass is 9.93. The lowest BCUT2D eigenvalue weighted by Crippen LogP contribution is -2.30. The average molecular weight is 433 g/mol. The highest BCUT2D eigenvalue weighted by Crippen LogP contribution is 2.26. The van der Waals surface area contributed by atoms with Gasteiger partial charge < -0.3 is 10.2 Å². The molecule has 0 aliphatic carbocycles. The maximum Gasteiger partial charge on any atom is 0.250 e. The summed E-state index contributed by atoms with van der Waals surface area (Å²) in [5.74, 6) is 0.913. The van der Waals surface area contributed by atoms with Gasteiger partial charge in [0.2, 0.25) is 5.91 Å². The Labute approximate surface area is 184 Å². The minimum Gasteiger partial charge on any atom is -0.323 e. The number of carbonyl (C=O) groups excluding carboxylic acids is 1. The molecular formula is C23H24N6OS. The van der Waals surface area contributed by atoms with Gasteiger partial charge in [-0.15, -0.1) is 11.3 Å². The van der Waals surface area contributed by atoms with Crippen LogP contribution in [0, 0.1) is 0 Å². The van der Waals surface area contributed by atoms with Gasteiger partial charge in [-0.05, 0) is 55.4 Å². The van der Waals surface area contributed by atoms with E-state index in [4.69, 9.17) is 0 Å². The molecule has 1 fully saturated rings. The number of benzene rings is 1. The van der Waals surface area contributed by atoms with Crippen molar-refractivity contribution >= 4 is 33.0 Å². The molecule has 1 amide bonds. The van der Waals surface area contributed by atoms with Crippen LogP contribution in [0.15, 0.2) is 55.1 Å². The Balaban J connectivity index is 1.22. The number of fused-ring (bicyclic) bond motifs is 1. The molecule has 1 atom stereocenters. The van der Waals surface area contributed by atoms with E-state index >= 15 is 0 Å². The highest BCUT2D eigenvalue weighted by Gasteiger charge is 2.19. The van der Waals surface area contributed by atoms with E-state index in [9.17, 15) is 4.79 Å². The molecule has 0 spiro atoms. The van der Waals surface area contributed by atoms with Gasteiger partial charge in [0.25, 0.3) is 5.95 Å². The van der Waals surface area contributed by atoms with Crippen molar-refractivity contribution < 1.29 is 4.79 Å². The highest BCUT2D eigenvalue weighted by molar-refractivity contribution is 7.19. The fourth-order valence-electron chi connectivity index (χ4n) is 4.08. The summed E-state index contributed by atoms with van der Waals surface area (Å²) in [6.45, 7) is 2.20. The molecule has 1 aromatic carbocycles. The van der Waals surface area contributed by atoms with E-state index in [0.29, 0.717) is 24.0 Å². The van der Waals surface area contributed by atoms with Crippen LogP contribution in [0.1, 0.15) is 29.2 Å². The van der Waals surface area contributed by atoms with Crippen molar-refractivity contribution in [3.63, 3.8) is 0 Å². The summed E-state index contributed by atoms with van der Waals surface area (Å²) in [6.07, 6.45) is 9.87. The molecule has 0 saturated carbocycles. The molecule has 5 rings (SSSR count). The number of hydrogen-bond acceptors (Lipinski definition) is 6. The van der Waals surface area contributed by atoms with Gasteiger partial charge in [0.1, 0.15) is 0 Å². The minimum atomic E-state index is -0.0659. The number of nitrogens with zero attached hydrogens (tertiary/aromatic N) is 5. The number of amides is 1. The number of nitrogens with one attached hydrogen (secondary N) is 1. The predicted octanol–water partition coefficient (Wildman–Crippen LogP) is 3.87. The fraction of sp³-hybridized carbons (Fsp3) is 0.304. The standard InChI is InChI=1S/C23H24N6OS/c1-28-8-4-6-17(14-28)18-11-24-23(25-12-18)29-15-19(13-26-29)27-22(30)10-20-9-16-5-2-3-7-21(16)31-20/h2-3,5,7,9,11-13,15,17H,4,6,8,10,14H2,1H3,(H,27,30)/t17-/m1/s1. The normalized spacial score (nSPS) is 17.1. The number of likely N-dealkylation sites (N-methyl/N-ethyl adjacent to an activating group) is 1. The lowest BCUT2D eigenvalue weighted by Gasteiger charge is -2.29. The molecule has 31 heavy (non-hydrogen) atoms. The third-order valence-corrected chi connectivity index (χ3v) is 6.75. The molecule has 0 radical (unpaired) electrons. The second kappa shape index (κ2) is 8.56. The summed E-state index contributed by atoms with van der Waals surface area (Å²) < 4.78 is 2.78. The first kappa shape index (κ1) is 19.8. The monoisotopic (exact) mass is 432 g/mol. The Morgan fingerprint density at radius 1 is 1.23 bits per heavy atom. The van der Waals surface area contributed by atoms with E-state index < -0.39 is 0 Å². The maximum atomic E-state index is 12.5. The van der Waals surface area contributed by atoms with Gasteiger partial charge in [-0.25, -0.2) is 14.6 Å². The number of piperidine rings is 1. The molecular weight excluding hydrogens is 408 g/mol. The number of hydrogen-bond donors (Lipinski definition) is 1. The number of thiophene rings is 1. The summed E-state index contributed by atoms with van der Waals surface area (Å²) >= 11 is 1.65. The molecule has 1 aliphatic heterocycles. The zero-order valence-electron chi connectivity index (χ0n) is 17.4.